The van der Waals surface area contributed by atoms with E-state index in [2.05, 4.69) is 56.9 Å². The molecule has 0 N–H and O–H groups in total. The Bertz CT molecular complexity index is 524. The van der Waals surface area contributed by atoms with Gasteiger partial charge in [0.2, 0.25) is 0 Å². The largest absolute Gasteiger partial charge is 0.237 e. The Morgan fingerprint density at radius 3 is 2.59 bits per heavy atom. The Kier molecular flexibility index (Phi) is 2.79. The fraction of sp³-hybridized carbons (Fsp3) is 0.357. The number of alkyl halides is 1. The molecule has 0 aliphatic heterocycles. The van der Waals surface area contributed by atoms with E-state index in [0.29, 0.717) is 5.92 Å². The van der Waals surface area contributed by atoms with Crippen LogP contribution < -0.4 is 0 Å². The summed E-state index contributed by atoms with van der Waals surface area (Å²) in [6.07, 6.45) is 4.59. The van der Waals surface area contributed by atoms with Crippen molar-refractivity contribution in [2.45, 2.75) is 31.0 Å². The molecule has 3 rings (SSSR count). The summed E-state index contributed by atoms with van der Waals surface area (Å²) in [7, 11) is 0. The number of benzene rings is 1. The molecular formula is C14H15BrN2. The van der Waals surface area contributed by atoms with Crippen LogP contribution in [-0.4, -0.2) is 9.78 Å². The van der Waals surface area contributed by atoms with Crippen LogP contribution in [0.15, 0.2) is 30.5 Å². The van der Waals surface area contributed by atoms with Gasteiger partial charge in [-0.2, -0.15) is 5.10 Å². The molecular weight excluding hydrogens is 276 g/mol. The monoisotopic (exact) mass is 290 g/mol. The fourth-order valence-electron chi connectivity index (χ4n) is 2.18. The summed E-state index contributed by atoms with van der Waals surface area (Å²) in [5.74, 6) is 0.714. The molecule has 1 aliphatic rings. The molecule has 0 saturated heterocycles. The summed E-state index contributed by atoms with van der Waals surface area (Å²) in [5.41, 5.74) is 5.18. The molecule has 0 spiro atoms. The zero-order valence-corrected chi connectivity index (χ0v) is 11.4. The molecule has 1 aromatic heterocycles. The van der Waals surface area contributed by atoms with Gasteiger partial charge in [-0.25, -0.2) is 4.68 Å². The van der Waals surface area contributed by atoms with E-state index >= 15 is 0 Å². The van der Waals surface area contributed by atoms with Gasteiger partial charge in [0.1, 0.15) is 0 Å². The van der Waals surface area contributed by atoms with Gasteiger partial charge in [-0.15, -0.1) is 0 Å². The highest BCUT2D eigenvalue weighted by Crippen LogP contribution is 2.42. The van der Waals surface area contributed by atoms with Crippen molar-refractivity contribution >= 4 is 15.9 Å². The van der Waals surface area contributed by atoms with Gasteiger partial charge in [-0.05, 0) is 31.9 Å². The van der Waals surface area contributed by atoms with Crippen molar-refractivity contribution in [2.24, 2.45) is 0 Å². The van der Waals surface area contributed by atoms with Crippen LogP contribution in [0, 0.1) is 6.92 Å². The lowest BCUT2D eigenvalue weighted by atomic mass is 10.2. The van der Waals surface area contributed by atoms with Gasteiger partial charge in [0, 0.05) is 16.8 Å². The number of nitrogens with zero attached hydrogens (tertiary/aromatic N) is 2. The zero-order valence-electron chi connectivity index (χ0n) is 9.86. The summed E-state index contributed by atoms with van der Waals surface area (Å²) in [5, 5.41) is 5.43. The predicted octanol–water partition coefficient (Wildman–Crippen LogP) is 3.95. The minimum Gasteiger partial charge on any atom is -0.237 e. The molecule has 17 heavy (non-hydrogen) atoms. The predicted molar refractivity (Wildman–Crippen MR) is 72.9 cm³/mol. The number of halogens is 1. The van der Waals surface area contributed by atoms with Crippen molar-refractivity contribution in [1.29, 1.82) is 0 Å². The first kappa shape index (κ1) is 11.0. The molecule has 2 nitrogen and oxygen atoms in total. The van der Waals surface area contributed by atoms with Gasteiger partial charge < -0.3 is 0 Å². The third-order valence-electron chi connectivity index (χ3n) is 3.27. The van der Waals surface area contributed by atoms with Crippen molar-refractivity contribution in [2.75, 3.05) is 0 Å². The van der Waals surface area contributed by atoms with E-state index in [9.17, 15) is 0 Å². The molecule has 1 aromatic carbocycles. The highest BCUT2D eigenvalue weighted by molar-refractivity contribution is 9.08. The second-order valence-electron chi connectivity index (χ2n) is 4.71. The Hall–Kier alpha value is -1.09. The highest BCUT2D eigenvalue weighted by atomic mass is 79.9. The second-order valence-corrected chi connectivity index (χ2v) is 5.27. The molecule has 1 saturated carbocycles. The van der Waals surface area contributed by atoms with Crippen molar-refractivity contribution in [1.82, 2.24) is 9.78 Å². The van der Waals surface area contributed by atoms with Crippen LogP contribution in [0.25, 0.3) is 5.69 Å². The first-order valence-electron chi connectivity index (χ1n) is 5.99. The molecule has 1 aliphatic carbocycles. The molecule has 0 atom stereocenters. The molecule has 0 amide bonds. The molecule has 1 heterocycles. The first-order chi connectivity index (χ1) is 8.29. The fourth-order valence-corrected chi connectivity index (χ4v) is 2.61. The van der Waals surface area contributed by atoms with E-state index in [0.717, 1.165) is 5.33 Å². The number of hydrogen-bond acceptors (Lipinski definition) is 1. The lowest BCUT2D eigenvalue weighted by Crippen LogP contribution is -2.02. The maximum atomic E-state index is 4.53. The normalized spacial score (nSPS) is 15.2. The minimum atomic E-state index is 0.714. The summed E-state index contributed by atoms with van der Waals surface area (Å²) < 4.78 is 2.10. The topological polar surface area (TPSA) is 17.8 Å². The van der Waals surface area contributed by atoms with Crippen LogP contribution in [0.4, 0.5) is 0 Å². The summed E-state index contributed by atoms with van der Waals surface area (Å²) in [4.78, 5) is 0. The highest BCUT2D eigenvalue weighted by Gasteiger charge is 2.30. The number of hydrogen-bond donors (Lipinski definition) is 0. The Morgan fingerprint density at radius 2 is 2.00 bits per heavy atom. The maximum absolute atomic E-state index is 4.53. The van der Waals surface area contributed by atoms with Gasteiger partial charge in [0.05, 0.1) is 17.6 Å². The van der Waals surface area contributed by atoms with E-state index in [1.54, 1.807) is 0 Å². The van der Waals surface area contributed by atoms with Gasteiger partial charge >= 0.3 is 0 Å². The van der Waals surface area contributed by atoms with Crippen molar-refractivity contribution in [3.8, 4) is 5.69 Å². The third kappa shape index (κ3) is 2.04. The van der Waals surface area contributed by atoms with Crippen LogP contribution in [0.5, 0.6) is 0 Å². The minimum absolute atomic E-state index is 0.714. The van der Waals surface area contributed by atoms with E-state index < -0.39 is 0 Å². The lowest BCUT2D eigenvalue weighted by Gasteiger charge is -2.08. The van der Waals surface area contributed by atoms with Crippen LogP contribution in [0.2, 0.25) is 0 Å². The van der Waals surface area contributed by atoms with Gasteiger partial charge in [-0.1, -0.05) is 33.6 Å². The van der Waals surface area contributed by atoms with E-state index in [1.165, 1.54) is 35.3 Å². The van der Waals surface area contributed by atoms with E-state index in [4.69, 9.17) is 0 Å². The molecule has 1 fully saturated rings. The first-order valence-corrected chi connectivity index (χ1v) is 7.11. The summed E-state index contributed by atoms with van der Waals surface area (Å²) in [6, 6.07) is 8.57. The molecule has 0 radical (unpaired) electrons. The summed E-state index contributed by atoms with van der Waals surface area (Å²) >= 11 is 3.55. The van der Waals surface area contributed by atoms with Gasteiger partial charge in [0.25, 0.3) is 0 Å². The number of rotatable bonds is 3. The zero-order chi connectivity index (χ0) is 11.8. The quantitative estimate of drug-likeness (QED) is 0.783. The maximum Gasteiger partial charge on any atom is 0.0649 e. The number of aromatic nitrogens is 2. The van der Waals surface area contributed by atoms with Gasteiger partial charge in [-0.3, -0.25) is 0 Å². The average molecular weight is 291 g/mol. The summed E-state index contributed by atoms with van der Waals surface area (Å²) in [6.45, 7) is 2.11. The molecule has 0 bridgehead atoms. The third-order valence-corrected chi connectivity index (χ3v) is 3.88. The van der Waals surface area contributed by atoms with Crippen molar-refractivity contribution in [3.05, 3.63) is 47.3 Å². The van der Waals surface area contributed by atoms with Crippen LogP contribution in [-0.2, 0) is 5.33 Å². The Balaban J connectivity index is 2.07. The Morgan fingerprint density at radius 1 is 1.29 bits per heavy atom. The van der Waals surface area contributed by atoms with Gasteiger partial charge in [0.15, 0.2) is 0 Å². The van der Waals surface area contributed by atoms with E-state index in [-0.39, 0.29) is 0 Å². The standard InChI is InChI=1S/C14H15BrN2/c1-10-2-6-13(7-3-10)17-14(11-4-5-11)12(8-15)9-16-17/h2-3,6-7,9,11H,4-5,8H2,1H3. The van der Waals surface area contributed by atoms with Crippen LogP contribution >= 0.6 is 15.9 Å². The molecule has 88 valence electrons. The number of aryl methyl sites for hydroxylation is 1. The Labute approximate surface area is 110 Å². The molecule has 0 unspecified atom stereocenters. The smallest absolute Gasteiger partial charge is 0.0649 e. The van der Waals surface area contributed by atoms with Crippen molar-refractivity contribution < 1.29 is 0 Å². The van der Waals surface area contributed by atoms with Crippen LogP contribution in [0.3, 0.4) is 0 Å². The second kappa shape index (κ2) is 4.30. The lowest BCUT2D eigenvalue weighted by molar-refractivity contribution is 0.805. The van der Waals surface area contributed by atoms with E-state index in [1.807, 2.05) is 6.20 Å². The van der Waals surface area contributed by atoms with Crippen molar-refractivity contribution in [3.63, 3.8) is 0 Å². The van der Waals surface area contributed by atoms with Crippen LogP contribution in [0.1, 0.15) is 35.6 Å². The SMILES string of the molecule is Cc1ccc(-n2ncc(CBr)c2C2CC2)cc1. The molecule has 2 aromatic rings. The molecule has 3 heteroatoms. The average Bonchev–Trinajstić information content (AvgIpc) is 3.10.